The van der Waals surface area contributed by atoms with Crippen LogP contribution in [-0.4, -0.2) is 17.8 Å². The van der Waals surface area contributed by atoms with Crippen molar-refractivity contribution in [3.8, 4) is 11.3 Å². The molecule has 0 aliphatic rings. The lowest BCUT2D eigenvalue weighted by Gasteiger charge is -2.09. The molecule has 2 heterocycles. The topological polar surface area (TPSA) is 63.5 Å². The highest BCUT2D eigenvalue weighted by Crippen LogP contribution is 2.27. The van der Waals surface area contributed by atoms with Crippen LogP contribution < -0.4 is 4.72 Å². The van der Waals surface area contributed by atoms with Crippen LogP contribution >= 0.6 is 0 Å². The Morgan fingerprint density at radius 2 is 1.73 bits per heavy atom. The first kappa shape index (κ1) is 19.9. The normalized spacial score (nSPS) is 12.0. The van der Waals surface area contributed by atoms with Crippen LogP contribution in [0.2, 0.25) is 0 Å². The molecule has 4 rings (SSSR count). The van der Waals surface area contributed by atoms with Gasteiger partial charge in [-0.2, -0.15) is 0 Å². The van der Waals surface area contributed by atoms with Crippen molar-refractivity contribution < 1.29 is 8.42 Å². The van der Waals surface area contributed by atoms with Gasteiger partial charge < -0.3 is 4.40 Å². The van der Waals surface area contributed by atoms with Gasteiger partial charge in [0.2, 0.25) is 0 Å². The molecule has 4 aromatic rings. The first-order chi connectivity index (χ1) is 14.3. The van der Waals surface area contributed by atoms with Gasteiger partial charge in [-0.25, -0.2) is 13.4 Å². The van der Waals surface area contributed by atoms with Gasteiger partial charge in [0.15, 0.2) is 0 Å². The highest BCUT2D eigenvalue weighted by molar-refractivity contribution is 7.95. The molecule has 0 radical (unpaired) electrons. The fraction of sp³-hybridized carbons (Fsp3) is 0.125. The number of anilines is 1. The largest absolute Gasteiger partial charge is 0.306 e. The molecule has 2 aromatic heterocycles. The summed E-state index contributed by atoms with van der Waals surface area (Å²) in [6.07, 6.45) is 5.49. The van der Waals surface area contributed by atoms with E-state index in [1.165, 1.54) is 5.41 Å². The summed E-state index contributed by atoms with van der Waals surface area (Å²) in [6.45, 7) is 5.88. The highest BCUT2D eigenvalue weighted by Gasteiger charge is 2.12. The van der Waals surface area contributed by atoms with Crippen molar-refractivity contribution in [2.24, 2.45) is 0 Å². The Balaban J connectivity index is 1.62. The molecule has 0 unspecified atom stereocenters. The molecule has 0 spiro atoms. The zero-order valence-electron chi connectivity index (χ0n) is 17.1. The fourth-order valence-electron chi connectivity index (χ4n) is 3.22. The number of nitrogens with zero attached hydrogens (tertiary/aromatic N) is 2. The van der Waals surface area contributed by atoms with Gasteiger partial charge in [0.25, 0.3) is 10.0 Å². The van der Waals surface area contributed by atoms with E-state index in [9.17, 15) is 8.42 Å². The summed E-state index contributed by atoms with van der Waals surface area (Å²) < 4.78 is 29.9. The number of nitrogens with one attached hydrogen (secondary N) is 1. The fourth-order valence-corrected chi connectivity index (χ4v) is 4.15. The third-order valence-electron chi connectivity index (χ3n) is 4.98. The molecular formula is C24H23N3O2S. The van der Waals surface area contributed by atoms with Crippen LogP contribution in [0.25, 0.3) is 23.0 Å². The van der Waals surface area contributed by atoms with Crippen LogP contribution in [-0.2, 0) is 10.0 Å². The van der Waals surface area contributed by atoms with Crippen LogP contribution in [0.3, 0.4) is 0 Å². The number of pyridine rings is 1. The molecule has 30 heavy (non-hydrogen) atoms. The van der Waals surface area contributed by atoms with E-state index in [4.69, 9.17) is 4.98 Å². The number of fused-ring (bicyclic) bond motifs is 1. The van der Waals surface area contributed by atoms with Gasteiger partial charge in [0, 0.05) is 18.0 Å². The van der Waals surface area contributed by atoms with Crippen LogP contribution in [0.4, 0.5) is 5.69 Å². The third-order valence-corrected chi connectivity index (χ3v) is 5.98. The Morgan fingerprint density at radius 1 is 0.967 bits per heavy atom. The standard InChI is InChI=1S/C24H23N3O2S/c1-17-6-9-20(10-7-17)12-14-30(28,29)26-22-15-21(11-8-18(22)2)23-16-27-13-4-5-19(3)24(27)25-23/h4-16,26H,1-3H3/b14-12+. The number of aromatic nitrogens is 2. The molecule has 0 aliphatic heterocycles. The minimum atomic E-state index is -3.65. The quantitative estimate of drug-likeness (QED) is 0.477. The van der Waals surface area contributed by atoms with Gasteiger partial charge in [0.05, 0.1) is 16.8 Å². The van der Waals surface area contributed by atoms with Crippen molar-refractivity contribution in [3.05, 3.63) is 94.7 Å². The second kappa shape index (κ2) is 7.80. The summed E-state index contributed by atoms with van der Waals surface area (Å²) in [7, 11) is -3.65. The third kappa shape index (κ3) is 4.28. The molecular weight excluding hydrogens is 394 g/mol. The number of hydrogen-bond acceptors (Lipinski definition) is 3. The summed E-state index contributed by atoms with van der Waals surface area (Å²) in [5.41, 5.74) is 6.94. The Hall–Kier alpha value is -3.38. The van der Waals surface area contributed by atoms with Crippen molar-refractivity contribution in [1.29, 1.82) is 0 Å². The van der Waals surface area contributed by atoms with Gasteiger partial charge in [-0.3, -0.25) is 4.72 Å². The minimum absolute atomic E-state index is 0.537. The smallest absolute Gasteiger partial charge is 0.255 e. The number of benzene rings is 2. The lowest BCUT2D eigenvalue weighted by Crippen LogP contribution is -2.10. The molecule has 1 N–H and O–H groups in total. The van der Waals surface area contributed by atoms with E-state index in [-0.39, 0.29) is 0 Å². The first-order valence-corrected chi connectivity index (χ1v) is 11.2. The number of hydrogen-bond donors (Lipinski definition) is 1. The summed E-state index contributed by atoms with van der Waals surface area (Å²) in [4.78, 5) is 4.70. The van der Waals surface area contributed by atoms with Crippen molar-refractivity contribution in [2.75, 3.05) is 4.72 Å². The molecule has 0 aliphatic carbocycles. The van der Waals surface area contributed by atoms with Gasteiger partial charge in [-0.05, 0) is 55.7 Å². The summed E-state index contributed by atoms with van der Waals surface area (Å²) in [5.74, 6) is 0. The van der Waals surface area contributed by atoms with Crippen molar-refractivity contribution >= 4 is 27.4 Å². The van der Waals surface area contributed by atoms with Crippen LogP contribution in [0.5, 0.6) is 0 Å². The van der Waals surface area contributed by atoms with Crippen LogP contribution in [0.1, 0.15) is 22.3 Å². The number of aryl methyl sites for hydroxylation is 3. The molecule has 152 valence electrons. The Kier molecular flexibility index (Phi) is 5.18. The maximum absolute atomic E-state index is 12.6. The van der Waals surface area contributed by atoms with E-state index in [2.05, 4.69) is 4.72 Å². The molecule has 2 aromatic carbocycles. The van der Waals surface area contributed by atoms with Gasteiger partial charge in [-0.1, -0.05) is 48.0 Å². The Morgan fingerprint density at radius 3 is 2.47 bits per heavy atom. The van der Waals surface area contributed by atoms with Gasteiger partial charge >= 0.3 is 0 Å². The molecule has 6 heteroatoms. The molecule has 0 fully saturated rings. The van der Waals surface area contributed by atoms with Gasteiger partial charge in [-0.15, -0.1) is 0 Å². The molecule has 0 saturated heterocycles. The SMILES string of the molecule is Cc1ccc(/C=C/S(=O)(=O)Nc2cc(-c3cn4cccc(C)c4n3)ccc2C)cc1. The number of rotatable bonds is 5. The molecule has 5 nitrogen and oxygen atoms in total. The monoisotopic (exact) mass is 417 g/mol. The van der Waals surface area contributed by atoms with E-state index >= 15 is 0 Å². The van der Waals surface area contributed by atoms with E-state index in [1.807, 2.05) is 92.2 Å². The second-order valence-corrected chi connectivity index (χ2v) is 9.00. The molecule has 0 bridgehead atoms. The highest BCUT2D eigenvalue weighted by atomic mass is 32.2. The van der Waals surface area contributed by atoms with E-state index in [1.54, 1.807) is 6.08 Å². The average Bonchev–Trinajstić information content (AvgIpc) is 3.15. The van der Waals surface area contributed by atoms with Crippen molar-refractivity contribution in [1.82, 2.24) is 9.38 Å². The second-order valence-electron chi connectivity index (χ2n) is 7.44. The van der Waals surface area contributed by atoms with Crippen molar-refractivity contribution in [3.63, 3.8) is 0 Å². The van der Waals surface area contributed by atoms with Crippen LogP contribution in [0, 0.1) is 20.8 Å². The molecule has 0 atom stereocenters. The van der Waals surface area contributed by atoms with Gasteiger partial charge in [0.1, 0.15) is 5.65 Å². The lowest BCUT2D eigenvalue weighted by molar-refractivity contribution is 0.609. The van der Waals surface area contributed by atoms with E-state index in [0.717, 1.165) is 39.2 Å². The van der Waals surface area contributed by atoms with Crippen LogP contribution in [0.15, 0.2) is 72.4 Å². The maximum atomic E-state index is 12.6. The Bertz CT molecular complexity index is 1350. The van der Waals surface area contributed by atoms with Crippen molar-refractivity contribution in [2.45, 2.75) is 20.8 Å². The predicted octanol–water partition coefficient (Wildman–Crippen LogP) is 5.34. The number of imidazole rings is 1. The number of sulfonamides is 1. The van der Waals surface area contributed by atoms with E-state index < -0.39 is 10.0 Å². The average molecular weight is 418 g/mol. The predicted molar refractivity (Wildman–Crippen MR) is 123 cm³/mol. The zero-order valence-corrected chi connectivity index (χ0v) is 17.9. The summed E-state index contributed by atoms with van der Waals surface area (Å²) in [6, 6.07) is 17.3. The van der Waals surface area contributed by atoms with E-state index in [0.29, 0.717) is 5.69 Å². The summed E-state index contributed by atoms with van der Waals surface area (Å²) >= 11 is 0. The molecule has 0 amide bonds. The maximum Gasteiger partial charge on any atom is 0.255 e. The zero-order chi connectivity index (χ0) is 21.3. The Labute approximate surface area is 176 Å². The minimum Gasteiger partial charge on any atom is -0.306 e. The molecule has 0 saturated carbocycles. The summed E-state index contributed by atoms with van der Waals surface area (Å²) in [5, 5.41) is 1.19. The lowest BCUT2D eigenvalue weighted by atomic mass is 10.1. The first-order valence-electron chi connectivity index (χ1n) is 9.64.